The number of aromatic amines is 1. The van der Waals surface area contributed by atoms with Crippen LogP contribution in [-0.4, -0.2) is 55.0 Å². The summed E-state index contributed by atoms with van der Waals surface area (Å²) in [4.78, 5) is 26.8. The first-order valence-corrected chi connectivity index (χ1v) is 7.76. The smallest absolute Gasteiger partial charge is 0.316 e. The van der Waals surface area contributed by atoms with Crippen LogP contribution in [0.25, 0.3) is 11.2 Å². The molecule has 3 N–H and O–H groups in total. The molecule has 124 valence electrons. The Hall–Kier alpha value is -2.81. The average Bonchev–Trinajstić information content (AvgIpc) is 3.25. The predicted octanol–water partition coefficient (Wildman–Crippen LogP) is 0.723. The summed E-state index contributed by atoms with van der Waals surface area (Å²) in [6.07, 6.45) is 6.17. The van der Waals surface area contributed by atoms with Crippen molar-refractivity contribution in [3.05, 3.63) is 30.1 Å². The first-order chi connectivity index (χ1) is 11.7. The van der Waals surface area contributed by atoms with Crippen LogP contribution in [0.4, 0.5) is 5.82 Å². The molecule has 3 aromatic rings. The molecule has 0 saturated carbocycles. The molecule has 0 aliphatic carbocycles. The van der Waals surface area contributed by atoms with E-state index in [1.165, 1.54) is 0 Å². The highest BCUT2D eigenvalue weighted by atomic mass is 16.5. The lowest BCUT2D eigenvalue weighted by Gasteiger charge is -2.15. The molecular formula is C15H18N8O. The Morgan fingerprint density at radius 2 is 2.12 bits per heavy atom. The van der Waals surface area contributed by atoms with Crippen molar-refractivity contribution in [2.45, 2.75) is 18.9 Å². The number of nitrogens with two attached hydrogens (primary N) is 1. The van der Waals surface area contributed by atoms with E-state index < -0.39 is 0 Å². The SMILES string of the molecule is COc1ncc(CN2CCC(c3nc(N)c4[nH]cnc4n3)C2)cn1. The van der Waals surface area contributed by atoms with Gasteiger partial charge in [0.1, 0.15) is 11.3 Å². The van der Waals surface area contributed by atoms with E-state index in [-0.39, 0.29) is 5.92 Å². The van der Waals surface area contributed by atoms with Crippen molar-refractivity contribution < 1.29 is 4.74 Å². The number of methoxy groups -OCH3 is 1. The van der Waals surface area contributed by atoms with E-state index in [1.54, 1.807) is 25.8 Å². The zero-order valence-corrected chi connectivity index (χ0v) is 13.3. The van der Waals surface area contributed by atoms with E-state index in [9.17, 15) is 0 Å². The first-order valence-electron chi connectivity index (χ1n) is 7.76. The molecule has 9 heteroatoms. The van der Waals surface area contributed by atoms with E-state index in [4.69, 9.17) is 10.5 Å². The van der Waals surface area contributed by atoms with Crippen LogP contribution in [0.3, 0.4) is 0 Å². The lowest BCUT2D eigenvalue weighted by molar-refractivity contribution is 0.323. The van der Waals surface area contributed by atoms with Crippen LogP contribution in [0.2, 0.25) is 0 Å². The molecule has 4 rings (SSSR count). The summed E-state index contributed by atoms with van der Waals surface area (Å²) in [6, 6.07) is 0.384. The van der Waals surface area contributed by atoms with Crippen LogP contribution in [0.15, 0.2) is 18.7 Å². The van der Waals surface area contributed by atoms with Crippen molar-refractivity contribution in [3.63, 3.8) is 0 Å². The summed E-state index contributed by atoms with van der Waals surface area (Å²) in [7, 11) is 1.56. The molecular weight excluding hydrogens is 308 g/mol. The number of imidazole rings is 1. The molecule has 0 aromatic carbocycles. The molecule has 1 fully saturated rings. The normalized spacial score (nSPS) is 18.3. The maximum atomic E-state index is 5.99. The topological polar surface area (TPSA) is 119 Å². The van der Waals surface area contributed by atoms with Gasteiger partial charge in [-0.25, -0.2) is 24.9 Å². The van der Waals surface area contributed by atoms with Gasteiger partial charge < -0.3 is 15.5 Å². The van der Waals surface area contributed by atoms with Crippen LogP contribution in [0.1, 0.15) is 23.7 Å². The number of H-pyrrole nitrogens is 1. The Morgan fingerprint density at radius 3 is 2.92 bits per heavy atom. The Kier molecular flexibility index (Phi) is 3.69. The maximum Gasteiger partial charge on any atom is 0.316 e. The molecule has 1 aliphatic heterocycles. The Bertz CT molecular complexity index is 846. The fourth-order valence-corrected chi connectivity index (χ4v) is 3.03. The molecule has 0 bridgehead atoms. The number of hydrogen-bond acceptors (Lipinski definition) is 8. The first kappa shape index (κ1) is 14.8. The molecule has 0 radical (unpaired) electrons. The predicted molar refractivity (Wildman–Crippen MR) is 87.3 cm³/mol. The summed E-state index contributed by atoms with van der Waals surface area (Å²) in [5.74, 6) is 1.47. The number of ether oxygens (including phenoxy) is 1. The van der Waals surface area contributed by atoms with Gasteiger partial charge in [-0.15, -0.1) is 0 Å². The maximum absolute atomic E-state index is 5.99. The summed E-state index contributed by atoms with van der Waals surface area (Å²) >= 11 is 0. The molecule has 24 heavy (non-hydrogen) atoms. The zero-order valence-electron chi connectivity index (χ0n) is 13.3. The Balaban J connectivity index is 1.46. The number of likely N-dealkylation sites (tertiary alicyclic amines) is 1. The lowest BCUT2D eigenvalue weighted by Crippen LogP contribution is -2.20. The van der Waals surface area contributed by atoms with Gasteiger partial charge in [0, 0.05) is 37.0 Å². The van der Waals surface area contributed by atoms with Crippen molar-refractivity contribution in [2.24, 2.45) is 0 Å². The number of nitrogens with one attached hydrogen (secondary N) is 1. The van der Waals surface area contributed by atoms with Gasteiger partial charge in [0.05, 0.1) is 13.4 Å². The van der Waals surface area contributed by atoms with E-state index >= 15 is 0 Å². The summed E-state index contributed by atoms with van der Waals surface area (Å²) < 4.78 is 4.98. The highest BCUT2D eigenvalue weighted by Crippen LogP contribution is 2.27. The third-order valence-electron chi connectivity index (χ3n) is 4.24. The van der Waals surface area contributed by atoms with Gasteiger partial charge >= 0.3 is 6.01 Å². The number of anilines is 1. The van der Waals surface area contributed by atoms with E-state index in [2.05, 4.69) is 34.8 Å². The minimum absolute atomic E-state index is 0.257. The molecule has 1 saturated heterocycles. The van der Waals surface area contributed by atoms with Crippen molar-refractivity contribution in [2.75, 3.05) is 25.9 Å². The van der Waals surface area contributed by atoms with Crippen molar-refractivity contribution in [1.29, 1.82) is 0 Å². The van der Waals surface area contributed by atoms with Crippen LogP contribution in [0.5, 0.6) is 6.01 Å². The number of fused-ring (bicyclic) bond motifs is 1. The largest absolute Gasteiger partial charge is 0.467 e. The van der Waals surface area contributed by atoms with Crippen molar-refractivity contribution in [1.82, 2.24) is 34.8 Å². The average molecular weight is 326 g/mol. The molecule has 1 atom stereocenters. The van der Waals surface area contributed by atoms with Gasteiger partial charge in [-0.3, -0.25) is 4.90 Å². The van der Waals surface area contributed by atoms with Gasteiger partial charge in [-0.1, -0.05) is 0 Å². The molecule has 1 unspecified atom stereocenters. The van der Waals surface area contributed by atoms with E-state index in [0.717, 1.165) is 37.4 Å². The molecule has 0 amide bonds. The number of rotatable bonds is 4. The van der Waals surface area contributed by atoms with E-state index in [1.807, 2.05) is 0 Å². The summed E-state index contributed by atoms with van der Waals surface area (Å²) in [6.45, 7) is 2.64. The highest BCUT2D eigenvalue weighted by Gasteiger charge is 2.27. The van der Waals surface area contributed by atoms with Gasteiger partial charge in [-0.05, 0) is 13.0 Å². The van der Waals surface area contributed by atoms with Gasteiger partial charge in [0.2, 0.25) is 0 Å². The Labute approximate surface area is 138 Å². The third kappa shape index (κ3) is 2.73. The minimum atomic E-state index is 0.257. The molecule has 3 aromatic heterocycles. The molecule has 9 nitrogen and oxygen atoms in total. The second-order valence-electron chi connectivity index (χ2n) is 5.87. The fourth-order valence-electron chi connectivity index (χ4n) is 3.03. The van der Waals surface area contributed by atoms with Gasteiger partial charge in [0.15, 0.2) is 11.5 Å². The lowest BCUT2D eigenvalue weighted by atomic mass is 10.1. The second-order valence-corrected chi connectivity index (χ2v) is 5.87. The second kappa shape index (κ2) is 6.00. The number of nitrogens with zero attached hydrogens (tertiary/aromatic N) is 6. The highest BCUT2D eigenvalue weighted by molar-refractivity contribution is 5.80. The summed E-state index contributed by atoms with van der Waals surface area (Å²) in [5.41, 5.74) is 8.37. The monoisotopic (exact) mass is 326 g/mol. The van der Waals surface area contributed by atoms with Crippen LogP contribution >= 0.6 is 0 Å². The number of aromatic nitrogens is 6. The number of nitrogen functional groups attached to an aromatic ring is 1. The van der Waals surface area contributed by atoms with E-state index in [0.29, 0.717) is 23.0 Å². The molecule has 4 heterocycles. The summed E-state index contributed by atoms with van der Waals surface area (Å²) in [5, 5.41) is 0. The van der Waals surface area contributed by atoms with Gasteiger partial charge in [-0.2, -0.15) is 0 Å². The van der Waals surface area contributed by atoms with Crippen molar-refractivity contribution >= 4 is 17.0 Å². The molecule has 0 spiro atoms. The number of hydrogen-bond donors (Lipinski definition) is 2. The van der Waals surface area contributed by atoms with Crippen LogP contribution in [-0.2, 0) is 6.54 Å². The van der Waals surface area contributed by atoms with Crippen LogP contribution < -0.4 is 10.5 Å². The minimum Gasteiger partial charge on any atom is -0.467 e. The fraction of sp³-hybridized carbons (Fsp3) is 0.400. The zero-order chi connectivity index (χ0) is 16.5. The standard InChI is InChI=1S/C15H18N8O/c1-24-15-17-4-9(5-18-15)6-23-3-2-10(7-23)13-21-12(16)11-14(22-13)20-8-19-11/h4-5,8,10H,2-3,6-7H2,1H3,(H3,16,19,20,21,22). The molecule has 1 aliphatic rings. The Morgan fingerprint density at radius 1 is 1.29 bits per heavy atom. The van der Waals surface area contributed by atoms with Crippen LogP contribution in [0, 0.1) is 0 Å². The quantitative estimate of drug-likeness (QED) is 0.720. The van der Waals surface area contributed by atoms with Crippen molar-refractivity contribution in [3.8, 4) is 6.01 Å². The van der Waals surface area contributed by atoms with Gasteiger partial charge in [0.25, 0.3) is 0 Å². The third-order valence-corrected chi connectivity index (χ3v) is 4.24.